The number of alkyl halides is 3. The van der Waals surface area contributed by atoms with E-state index in [9.17, 15) is 13.2 Å². The minimum absolute atomic E-state index is 0. The molecule has 1 heterocycles. The van der Waals surface area contributed by atoms with E-state index >= 15 is 0 Å². The summed E-state index contributed by atoms with van der Waals surface area (Å²) in [5.41, 5.74) is 0.981. The van der Waals surface area contributed by atoms with Crippen molar-refractivity contribution < 1.29 is 13.2 Å². The van der Waals surface area contributed by atoms with E-state index in [-0.39, 0.29) is 37.3 Å². The number of hydrogen-bond acceptors (Lipinski definition) is 2. The molecule has 0 radical (unpaired) electrons. The number of halogens is 5. The average Bonchev–Trinajstić information content (AvgIpc) is 2.55. The molecule has 0 bridgehead atoms. The quantitative estimate of drug-likeness (QED) is 0.786. The lowest BCUT2D eigenvalue weighted by molar-refractivity contribution is -0.138. The predicted octanol–water partition coefficient (Wildman–Crippen LogP) is 4.97. The standard InChI is InChI=1S/C18H21F3N2.2ClH/c19-18(20,21)8-7-17(23-11-9-22-10-12-23)16-6-5-14-3-1-2-4-15(14)13-16;;/h1-6,13,17,22H,7-12H2;2*1H/t17-;;/m0../s1. The highest BCUT2D eigenvalue weighted by Gasteiger charge is 2.31. The van der Waals surface area contributed by atoms with E-state index in [2.05, 4.69) is 10.2 Å². The summed E-state index contributed by atoms with van der Waals surface area (Å²) in [6, 6.07) is 13.8. The number of nitrogens with zero attached hydrogens (tertiary/aromatic N) is 1. The fraction of sp³-hybridized carbons (Fsp3) is 0.444. The van der Waals surface area contributed by atoms with Crippen LogP contribution in [-0.2, 0) is 0 Å². The van der Waals surface area contributed by atoms with Crippen molar-refractivity contribution in [2.75, 3.05) is 26.2 Å². The van der Waals surface area contributed by atoms with Crippen molar-refractivity contribution in [2.24, 2.45) is 0 Å². The van der Waals surface area contributed by atoms with E-state index in [4.69, 9.17) is 0 Å². The van der Waals surface area contributed by atoms with Gasteiger partial charge in [-0.25, -0.2) is 0 Å². The maximum Gasteiger partial charge on any atom is 0.389 e. The molecule has 2 aromatic rings. The molecule has 2 nitrogen and oxygen atoms in total. The largest absolute Gasteiger partial charge is 0.389 e. The molecule has 0 spiro atoms. The lowest BCUT2D eigenvalue weighted by Crippen LogP contribution is -2.45. The fourth-order valence-corrected chi connectivity index (χ4v) is 3.27. The van der Waals surface area contributed by atoms with E-state index in [1.54, 1.807) is 0 Å². The fourth-order valence-electron chi connectivity index (χ4n) is 3.27. The van der Waals surface area contributed by atoms with Gasteiger partial charge in [-0.15, -0.1) is 24.8 Å². The van der Waals surface area contributed by atoms with Gasteiger partial charge in [0.1, 0.15) is 0 Å². The van der Waals surface area contributed by atoms with Crippen LogP contribution in [0.2, 0.25) is 0 Å². The second-order valence-corrected chi connectivity index (χ2v) is 6.06. The highest BCUT2D eigenvalue weighted by molar-refractivity contribution is 5.85. The number of nitrogens with one attached hydrogen (secondary N) is 1. The van der Waals surface area contributed by atoms with Crippen molar-refractivity contribution in [3.63, 3.8) is 0 Å². The van der Waals surface area contributed by atoms with Gasteiger partial charge in [0.15, 0.2) is 0 Å². The van der Waals surface area contributed by atoms with Gasteiger partial charge >= 0.3 is 6.18 Å². The number of hydrogen-bond donors (Lipinski definition) is 1. The molecule has 0 aromatic heterocycles. The minimum atomic E-state index is -4.11. The summed E-state index contributed by atoms with van der Waals surface area (Å²) in [7, 11) is 0. The molecule has 1 aliphatic heterocycles. The Kier molecular flexibility index (Phi) is 8.48. The van der Waals surface area contributed by atoms with Crippen LogP contribution < -0.4 is 5.32 Å². The van der Waals surface area contributed by atoms with Crippen molar-refractivity contribution in [2.45, 2.75) is 25.1 Å². The molecule has 0 amide bonds. The maximum absolute atomic E-state index is 12.7. The van der Waals surface area contributed by atoms with Crippen molar-refractivity contribution in [3.8, 4) is 0 Å². The summed E-state index contributed by atoms with van der Waals surface area (Å²) in [6.45, 7) is 3.23. The van der Waals surface area contributed by atoms with Gasteiger partial charge in [-0.05, 0) is 28.8 Å². The molecule has 2 aromatic carbocycles. The lowest BCUT2D eigenvalue weighted by atomic mass is 9.96. The van der Waals surface area contributed by atoms with Crippen LogP contribution >= 0.6 is 24.8 Å². The van der Waals surface area contributed by atoms with E-state index in [0.717, 1.165) is 42.5 Å². The summed E-state index contributed by atoms with van der Waals surface area (Å²) in [6.07, 6.45) is -4.74. The topological polar surface area (TPSA) is 15.3 Å². The zero-order valence-electron chi connectivity index (χ0n) is 13.8. The SMILES string of the molecule is Cl.Cl.FC(F)(F)CC[C@@H](c1ccc2ccccc2c1)N1CCNCC1. The zero-order chi connectivity index (χ0) is 16.3. The monoisotopic (exact) mass is 394 g/mol. The minimum Gasteiger partial charge on any atom is -0.314 e. The predicted molar refractivity (Wildman–Crippen MR) is 101 cm³/mol. The molecule has 1 aliphatic rings. The summed E-state index contributed by atoms with van der Waals surface area (Å²) >= 11 is 0. The van der Waals surface area contributed by atoms with Crippen LogP contribution in [0.1, 0.15) is 24.4 Å². The van der Waals surface area contributed by atoms with Gasteiger partial charge in [0.2, 0.25) is 0 Å². The molecule has 1 fully saturated rings. The number of piperazine rings is 1. The zero-order valence-corrected chi connectivity index (χ0v) is 15.4. The molecule has 140 valence electrons. The Morgan fingerprint density at radius 1 is 0.960 bits per heavy atom. The third kappa shape index (κ3) is 6.03. The lowest BCUT2D eigenvalue weighted by Gasteiger charge is -2.35. The Bertz CT molecular complexity index is 658. The van der Waals surface area contributed by atoms with Crippen LogP contribution in [0.3, 0.4) is 0 Å². The van der Waals surface area contributed by atoms with Crippen LogP contribution in [-0.4, -0.2) is 37.3 Å². The van der Waals surface area contributed by atoms with Crippen LogP contribution in [0.15, 0.2) is 42.5 Å². The molecule has 1 atom stereocenters. The summed E-state index contributed by atoms with van der Waals surface area (Å²) in [5.74, 6) is 0. The van der Waals surface area contributed by atoms with Crippen LogP contribution in [0.4, 0.5) is 13.2 Å². The van der Waals surface area contributed by atoms with Gasteiger partial charge in [-0.2, -0.15) is 13.2 Å². The molecule has 3 rings (SSSR count). The Morgan fingerprint density at radius 3 is 2.24 bits per heavy atom. The van der Waals surface area contributed by atoms with Crippen LogP contribution in [0.5, 0.6) is 0 Å². The van der Waals surface area contributed by atoms with Gasteiger partial charge in [0, 0.05) is 38.6 Å². The average molecular weight is 395 g/mol. The summed E-state index contributed by atoms with van der Waals surface area (Å²) in [4.78, 5) is 2.17. The second-order valence-electron chi connectivity index (χ2n) is 6.06. The van der Waals surface area contributed by atoms with Crippen molar-refractivity contribution >= 4 is 35.6 Å². The van der Waals surface area contributed by atoms with Crippen molar-refractivity contribution in [3.05, 3.63) is 48.0 Å². The molecule has 1 saturated heterocycles. The normalized spacial score (nSPS) is 16.8. The Morgan fingerprint density at radius 2 is 1.60 bits per heavy atom. The molecule has 1 N–H and O–H groups in total. The smallest absolute Gasteiger partial charge is 0.314 e. The summed E-state index contributed by atoms with van der Waals surface area (Å²) in [5, 5.41) is 5.46. The van der Waals surface area contributed by atoms with E-state index in [0.29, 0.717) is 0 Å². The van der Waals surface area contributed by atoms with E-state index in [1.807, 2.05) is 42.5 Å². The first kappa shape index (κ1) is 22.0. The van der Waals surface area contributed by atoms with Crippen LogP contribution in [0.25, 0.3) is 10.8 Å². The highest BCUT2D eigenvalue weighted by Crippen LogP contribution is 2.33. The van der Waals surface area contributed by atoms with Gasteiger partial charge in [-0.1, -0.05) is 36.4 Å². The Balaban J connectivity index is 0.00000156. The third-order valence-electron chi connectivity index (χ3n) is 4.45. The molecule has 0 aliphatic carbocycles. The molecule has 0 saturated carbocycles. The molecular weight excluding hydrogens is 372 g/mol. The van der Waals surface area contributed by atoms with E-state index < -0.39 is 12.6 Å². The molecular formula is C18H23Cl2F3N2. The molecule has 25 heavy (non-hydrogen) atoms. The van der Waals surface area contributed by atoms with Gasteiger partial charge in [0.25, 0.3) is 0 Å². The van der Waals surface area contributed by atoms with Crippen molar-refractivity contribution in [1.29, 1.82) is 0 Å². The van der Waals surface area contributed by atoms with E-state index in [1.165, 1.54) is 0 Å². The number of benzene rings is 2. The highest BCUT2D eigenvalue weighted by atomic mass is 35.5. The number of rotatable bonds is 4. The summed E-state index contributed by atoms with van der Waals surface area (Å²) < 4.78 is 38.2. The van der Waals surface area contributed by atoms with Gasteiger partial charge < -0.3 is 5.32 Å². The molecule has 0 unspecified atom stereocenters. The Labute approximate surface area is 158 Å². The first-order valence-electron chi connectivity index (χ1n) is 8.03. The van der Waals surface area contributed by atoms with Gasteiger partial charge in [0.05, 0.1) is 0 Å². The third-order valence-corrected chi connectivity index (χ3v) is 4.45. The van der Waals surface area contributed by atoms with Crippen LogP contribution in [0, 0.1) is 0 Å². The van der Waals surface area contributed by atoms with Crippen molar-refractivity contribution in [1.82, 2.24) is 10.2 Å². The van der Waals surface area contributed by atoms with Gasteiger partial charge in [-0.3, -0.25) is 4.90 Å². The first-order chi connectivity index (χ1) is 11.0. The molecule has 7 heteroatoms. The second kappa shape index (κ2) is 9.62. The number of fused-ring (bicyclic) bond motifs is 1. The maximum atomic E-state index is 12.7. The Hall–Kier alpha value is -1.01. The first-order valence-corrected chi connectivity index (χ1v) is 8.03.